The van der Waals surface area contributed by atoms with Gasteiger partial charge in [0.1, 0.15) is 11.5 Å². The Morgan fingerprint density at radius 3 is 2.63 bits per heavy atom. The van der Waals surface area contributed by atoms with Crippen molar-refractivity contribution < 1.29 is 19.1 Å². The molecule has 0 atom stereocenters. The first-order chi connectivity index (χ1) is 8.99. The second kappa shape index (κ2) is 6.78. The normalized spacial score (nSPS) is 10.2. The zero-order chi connectivity index (χ0) is 14.4. The van der Waals surface area contributed by atoms with Crippen LogP contribution in [0.2, 0.25) is 0 Å². The molecule has 0 heterocycles. The van der Waals surface area contributed by atoms with Crippen LogP contribution in [0.15, 0.2) is 18.2 Å². The second-order valence-corrected chi connectivity index (χ2v) is 4.41. The smallest absolute Gasteiger partial charge is 0.260 e. The summed E-state index contributed by atoms with van der Waals surface area (Å²) in [5.74, 6) is 0.809. The van der Waals surface area contributed by atoms with Gasteiger partial charge in [0.2, 0.25) is 0 Å². The Labute approximate surface area is 113 Å². The number of hydrogen-bond acceptors (Lipinski definition) is 4. The number of carbonyl (C=O) groups excluding carboxylic acids is 2. The van der Waals surface area contributed by atoms with E-state index in [1.54, 1.807) is 30.1 Å². The van der Waals surface area contributed by atoms with Crippen molar-refractivity contribution in [3.63, 3.8) is 0 Å². The molecule has 0 saturated heterocycles. The van der Waals surface area contributed by atoms with Crippen molar-refractivity contribution in [1.29, 1.82) is 0 Å². The van der Waals surface area contributed by atoms with E-state index < -0.39 is 0 Å². The third-order valence-electron chi connectivity index (χ3n) is 2.86. The molecule has 1 aromatic carbocycles. The number of aldehydes is 1. The lowest BCUT2D eigenvalue weighted by Crippen LogP contribution is -2.36. The van der Waals surface area contributed by atoms with Gasteiger partial charge < -0.3 is 14.4 Å². The van der Waals surface area contributed by atoms with Crippen molar-refractivity contribution >= 4 is 12.2 Å². The van der Waals surface area contributed by atoms with Crippen LogP contribution in [0.1, 0.15) is 24.2 Å². The molecule has 0 bridgehead atoms. The average molecular weight is 265 g/mol. The van der Waals surface area contributed by atoms with Crippen molar-refractivity contribution in [3.8, 4) is 11.5 Å². The highest BCUT2D eigenvalue weighted by atomic mass is 16.5. The molecule has 1 rings (SSSR count). The number of carbonyl (C=O) groups is 2. The standard InChI is InChI=1S/C14H19NO4/c1-10(2)15(3)14(17)9-19-13-6-5-12(18-4)7-11(13)8-16/h5-8,10H,9H2,1-4H3. The van der Waals surface area contributed by atoms with Gasteiger partial charge >= 0.3 is 0 Å². The van der Waals surface area contributed by atoms with Crippen LogP contribution in [0.4, 0.5) is 0 Å². The average Bonchev–Trinajstić information content (AvgIpc) is 2.43. The Morgan fingerprint density at radius 1 is 1.42 bits per heavy atom. The Bertz CT molecular complexity index is 457. The lowest BCUT2D eigenvalue weighted by Gasteiger charge is -2.21. The Kier molecular flexibility index (Phi) is 5.36. The maximum Gasteiger partial charge on any atom is 0.260 e. The number of amides is 1. The molecule has 0 fully saturated rings. The van der Waals surface area contributed by atoms with Crippen molar-refractivity contribution in [2.45, 2.75) is 19.9 Å². The molecule has 5 heteroatoms. The number of likely N-dealkylation sites (N-methyl/N-ethyl adjacent to an activating group) is 1. The van der Waals surface area contributed by atoms with E-state index in [0.717, 1.165) is 0 Å². The summed E-state index contributed by atoms with van der Waals surface area (Å²) in [4.78, 5) is 24.3. The van der Waals surface area contributed by atoms with Gasteiger partial charge in [-0.3, -0.25) is 9.59 Å². The Morgan fingerprint density at radius 2 is 2.11 bits per heavy atom. The van der Waals surface area contributed by atoms with Gasteiger partial charge in [0, 0.05) is 13.1 Å². The van der Waals surface area contributed by atoms with E-state index in [1.165, 1.54) is 7.11 Å². The van der Waals surface area contributed by atoms with Crippen molar-refractivity contribution in [2.75, 3.05) is 20.8 Å². The fraction of sp³-hybridized carbons (Fsp3) is 0.429. The third kappa shape index (κ3) is 3.98. The number of nitrogens with zero attached hydrogens (tertiary/aromatic N) is 1. The van der Waals surface area contributed by atoms with Crippen LogP contribution in [0, 0.1) is 0 Å². The summed E-state index contributed by atoms with van der Waals surface area (Å²) in [6.45, 7) is 3.74. The number of hydrogen-bond donors (Lipinski definition) is 0. The van der Waals surface area contributed by atoms with E-state index in [9.17, 15) is 9.59 Å². The van der Waals surface area contributed by atoms with E-state index in [2.05, 4.69) is 0 Å². The lowest BCUT2D eigenvalue weighted by atomic mass is 10.2. The predicted octanol–water partition coefficient (Wildman–Crippen LogP) is 1.75. The zero-order valence-corrected chi connectivity index (χ0v) is 11.7. The predicted molar refractivity (Wildman–Crippen MR) is 71.8 cm³/mol. The fourth-order valence-corrected chi connectivity index (χ4v) is 1.41. The molecule has 0 saturated carbocycles. The van der Waals surface area contributed by atoms with E-state index in [-0.39, 0.29) is 18.6 Å². The highest BCUT2D eigenvalue weighted by Gasteiger charge is 2.13. The van der Waals surface area contributed by atoms with Gasteiger partial charge in [-0.2, -0.15) is 0 Å². The highest BCUT2D eigenvalue weighted by Crippen LogP contribution is 2.22. The molecule has 0 N–H and O–H groups in total. The summed E-state index contributed by atoms with van der Waals surface area (Å²) in [5.41, 5.74) is 0.361. The monoisotopic (exact) mass is 265 g/mol. The minimum atomic E-state index is -0.136. The van der Waals surface area contributed by atoms with Crippen LogP contribution >= 0.6 is 0 Å². The Hall–Kier alpha value is -2.04. The molecular weight excluding hydrogens is 246 g/mol. The summed E-state index contributed by atoms with van der Waals surface area (Å²) >= 11 is 0. The molecule has 0 unspecified atom stereocenters. The summed E-state index contributed by atoms with van der Waals surface area (Å²) in [6, 6.07) is 4.97. The molecule has 0 aliphatic heterocycles. The largest absolute Gasteiger partial charge is 0.497 e. The highest BCUT2D eigenvalue weighted by molar-refractivity contribution is 5.81. The fourth-order valence-electron chi connectivity index (χ4n) is 1.41. The molecule has 0 aliphatic rings. The third-order valence-corrected chi connectivity index (χ3v) is 2.86. The van der Waals surface area contributed by atoms with Crippen molar-refractivity contribution in [3.05, 3.63) is 23.8 Å². The summed E-state index contributed by atoms with van der Waals surface area (Å²) in [5, 5.41) is 0. The van der Waals surface area contributed by atoms with Crippen LogP contribution in [0.25, 0.3) is 0 Å². The van der Waals surface area contributed by atoms with Crippen molar-refractivity contribution in [2.24, 2.45) is 0 Å². The minimum absolute atomic E-state index is 0.0954. The van der Waals surface area contributed by atoms with Gasteiger partial charge in [0.25, 0.3) is 5.91 Å². The molecular formula is C14H19NO4. The maximum atomic E-state index is 11.8. The summed E-state index contributed by atoms with van der Waals surface area (Å²) < 4.78 is 10.4. The molecule has 0 radical (unpaired) electrons. The van der Waals surface area contributed by atoms with Gasteiger partial charge in [-0.1, -0.05) is 0 Å². The second-order valence-electron chi connectivity index (χ2n) is 4.41. The maximum absolute atomic E-state index is 11.8. The van der Waals surface area contributed by atoms with Crippen LogP contribution < -0.4 is 9.47 Å². The first-order valence-corrected chi connectivity index (χ1v) is 6.01. The van der Waals surface area contributed by atoms with Crippen molar-refractivity contribution in [1.82, 2.24) is 4.90 Å². The number of ether oxygens (including phenoxy) is 2. The topological polar surface area (TPSA) is 55.8 Å². The molecule has 19 heavy (non-hydrogen) atoms. The van der Waals surface area contributed by atoms with Crippen LogP contribution in [0.3, 0.4) is 0 Å². The molecule has 0 aliphatic carbocycles. The first kappa shape index (κ1) is 15.0. The Balaban J connectivity index is 2.72. The van der Waals surface area contributed by atoms with Crippen LogP contribution in [0.5, 0.6) is 11.5 Å². The molecule has 0 spiro atoms. The molecule has 104 valence electrons. The lowest BCUT2D eigenvalue weighted by molar-refractivity contribution is -0.133. The summed E-state index contributed by atoms with van der Waals surface area (Å²) in [7, 11) is 3.23. The quantitative estimate of drug-likeness (QED) is 0.735. The van der Waals surface area contributed by atoms with Gasteiger partial charge in [-0.25, -0.2) is 0 Å². The van der Waals surface area contributed by atoms with Gasteiger partial charge in [0.15, 0.2) is 12.9 Å². The van der Waals surface area contributed by atoms with E-state index >= 15 is 0 Å². The van der Waals surface area contributed by atoms with Crippen LogP contribution in [-0.4, -0.2) is 43.9 Å². The van der Waals surface area contributed by atoms with E-state index in [1.807, 2.05) is 13.8 Å². The van der Waals surface area contributed by atoms with E-state index in [0.29, 0.717) is 23.3 Å². The van der Waals surface area contributed by atoms with E-state index in [4.69, 9.17) is 9.47 Å². The molecule has 0 aromatic heterocycles. The number of methoxy groups -OCH3 is 1. The molecule has 1 aromatic rings. The number of benzene rings is 1. The number of rotatable bonds is 6. The SMILES string of the molecule is COc1ccc(OCC(=O)N(C)C(C)C)c(C=O)c1. The van der Waals surface area contributed by atoms with Gasteiger partial charge in [-0.15, -0.1) is 0 Å². The first-order valence-electron chi connectivity index (χ1n) is 6.01. The van der Waals surface area contributed by atoms with Crippen LogP contribution in [-0.2, 0) is 4.79 Å². The zero-order valence-electron chi connectivity index (χ0n) is 11.7. The summed E-state index contributed by atoms with van der Waals surface area (Å²) in [6.07, 6.45) is 0.675. The molecule has 1 amide bonds. The van der Waals surface area contributed by atoms with Gasteiger partial charge in [-0.05, 0) is 32.0 Å². The minimum Gasteiger partial charge on any atom is -0.497 e. The van der Waals surface area contributed by atoms with Gasteiger partial charge in [0.05, 0.1) is 12.7 Å². The molecule has 5 nitrogen and oxygen atoms in total.